The molecule has 0 aromatic heterocycles. The Hall–Kier alpha value is -1.56. The van der Waals surface area contributed by atoms with Crippen molar-refractivity contribution in [1.29, 1.82) is 0 Å². The Kier molecular flexibility index (Phi) is 11.1. The molecule has 0 spiro atoms. The molecule has 6 nitrogen and oxygen atoms in total. The Bertz CT molecular complexity index is 715. The molecule has 1 saturated heterocycles. The van der Waals surface area contributed by atoms with Crippen LogP contribution < -0.4 is 5.32 Å². The van der Waals surface area contributed by atoms with Crippen LogP contribution in [-0.4, -0.2) is 85.1 Å². The van der Waals surface area contributed by atoms with Crippen LogP contribution in [0, 0.1) is 0 Å². The molecule has 10 heteroatoms. The van der Waals surface area contributed by atoms with Crippen LogP contribution in [0.2, 0.25) is 0 Å². The first-order chi connectivity index (χ1) is 14.2. The van der Waals surface area contributed by atoms with Crippen LogP contribution in [0.25, 0.3) is 0 Å². The van der Waals surface area contributed by atoms with E-state index < -0.39 is 12.2 Å². The van der Waals surface area contributed by atoms with Gasteiger partial charge in [-0.2, -0.15) is 13.2 Å². The summed E-state index contributed by atoms with van der Waals surface area (Å²) in [5.41, 5.74) is 1.65. The summed E-state index contributed by atoms with van der Waals surface area (Å²) in [5.74, 6) is 0.680. The number of benzene rings is 1. The highest BCUT2D eigenvalue weighted by molar-refractivity contribution is 14.0. The minimum Gasteiger partial charge on any atom is -0.352 e. The van der Waals surface area contributed by atoms with Gasteiger partial charge in [-0.25, -0.2) is 0 Å². The molecule has 1 heterocycles. The summed E-state index contributed by atoms with van der Waals surface area (Å²) in [6.45, 7) is 8.61. The molecule has 176 valence electrons. The number of hydrogen-bond donors (Lipinski definition) is 1. The van der Waals surface area contributed by atoms with Crippen molar-refractivity contribution >= 4 is 35.8 Å². The van der Waals surface area contributed by atoms with Crippen LogP contribution in [0.3, 0.4) is 0 Å². The van der Waals surface area contributed by atoms with Crippen LogP contribution in [0.5, 0.6) is 0 Å². The van der Waals surface area contributed by atoms with Crippen LogP contribution in [-0.2, 0) is 6.54 Å². The molecule has 1 N–H and O–H groups in total. The zero-order valence-electron chi connectivity index (χ0n) is 18.6. The number of rotatable bonds is 6. The maximum Gasteiger partial charge on any atom is 0.403 e. The summed E-state index contributed by atoms with van der Waals surface area (Å²) >= 11 is 0. The third-order valence-electron chi connectivity index (χ3n) is 5.55. The van der Waals surface area contributed by atoms with E-state index in [0.717, 1.165) is 5.56 Å². The predicted molar refractivity (Wildman–Crippen MR) is 128 cm³/mol. The lowest BCUT2D eigenvalue weighted by Gasteiger charge is -2.39. The van der Waals surface area contributed by atoms with Gasteiger partial charge in [-0.1, -0.05) is 12.1 Å². The van der Waals surface area contributed by atoms with Gasteiger partial charge in [0.15, 0.2) is 5.96 Å². The molecule has 0 bridgehead atoms. The number of nitrogens with one attached hydrogen (secondary N) is 1. The van der Waals surface area contributed by atoms with E-state index in [1.165, 1.54) is 11.8 Å². The second kappa shape index (κ2) is 12.5. The molecule has 1 aliphatic rings. The lowest BCUT2D eigenvalue weighted by atomic mass is 10.1. The Morgan fingerprint density at radius 2 is 1.68 bits per heavy atom. The van der Waals surface area contributed by atoms with Gasteiger partial charge in [-0.15, -0.1) is 24.0 Å². The molecule has 1 aliphatic heterocycles. The van der Waals surface area contributed by atoms with Crippen LogP contribution in [0.4, 0.5) is 13.2 Å². The minimum atomic E-state index is -4.21. The molecule has 31 heavy (non-hydrogen) atoms. The Morgan fingerprint density at radius 1 is 1.13 bits per heavy atom. The molecule has 2 rings (SSSR count). The van der Waals surface area contributed by atoms with Gasteiger partial charge in [0.1, 0.15) is 6.04 Å². The third kappa shape index (κ3) is 7.51. The number of nitrogens with zero attached hydrogens (tertiary/aromatic N) is 4. The van der Waals surface area contributed by atoms with Crippen molar-refractivity contribution < 1.29 is 18.0 Å². The largest absolute Gasteiger partial charge is 0.403 e. The van der Waals surface area contributed by atoms with Gasteiger partial charge in [0.05, 0.1) is 0 Å². The quantitative estimate of drug-likeness (QED) is 0.332. The van der Waals surface area contributed by atoms with E-state index in [-0.39, 0.29) is 29.9 Å². The van der Waals surface area contributed by atoms with E-state index in [2.05, 4.69) is 10.3 Å². The van der Waals surface area contributed by atoms with E-state index in [4.69, 9.17) is 0 Å². The van der Waals surface area contributed by atoms with E-state index in [1.54, 1.807) is 11.9 Å². The Labute approximate surface area is 199 Å². The van der Waals surface area contributed by atoms with E-state index in [9.17, 15) is 18.0 Å². The van der Waals surface area contributed by atoms with Crippen molar-refractivity contribution in [3.05, 3.63) is 35.4 Å². The first-order valence-electron chi connectivity index (χ1n) is 10.4. The molecule has 1 aromatic rings. The normalized spacial score (nSPS) is 16.5. The first kappa shape index (κ1) is 27.5. The fourth-order valence-corrected chi connectivity index (χ4v) is 3.50. The highest BCUT2D eigenvalue weighted by atomic mass is 127. The zero-order valence-corrected chi connectivity index (χ0v) is 20.9. The van der Waals surface area contributed by atoms with Gasteiger partial charge in [-0.05, 0) is 38.5 Å². The van der Waals surface area contributed by atoms with Crippen molar-refractivity contribution in [2.24, 2.45) is 4.99 Å². The minimum absolute atomic E-state index is 0. The number of aliphatic imine (C=N–C) groups is 1. The summed E-state index contributed by atoms with van der Waals surface area (Å²) in [7, 11) is 1.67. The highest BCUT2D eigenvalue weighted by Gasteiger charge is 2.41. The summed E-state index contributed by atoms with van der Waals surface area (Å²) in [6, 6.07) is 6.00. The zero-order chi connectivity index (χ0) is 22.3. The number of alkyl halides is 3. The maximum absolute atomic E-state index is 12.9. The predicted octanol–water partition coefficient (Wildman–Crippen LogP) is 3.43. The van der Waals surface area contributed by atoms with Gasteiger partial charge in [-0.3, -0.25) is 14.7 Å². The molecule has 0 aliphatic carbocycles. The highest BCUT2D eigenvalue weighted by Crippen LogP contribution is 2.25. The Morgan fingerprint density at radius 3 is 2.13 bits per heavy atom. The molecule has 1 fully saturated rings. The summed E-state index contributed by atoms with van der Waals surface area (Å²) in [5, 5.41) is 3.26. The van der Waals surface area contributed by atoms with Crippen LogP contribution >= 0.6 is 24.0 Å². The van der Waals surface area contributed by atoms with Crippen molar-refractivity contribution in [2.75, 3.05) is 46.3 Å². The topological polar surface area (TPSA) is 51.2 Å². The molecule has 1 unspecified atom stereocenters. The average molecular weight is 555 g/mol. The lowest BCUT2D eigenvalue weighted by molar-refractivity contribution is -0.181. The second-order valence-electron chi connectivity index (χ2n) is 7.32. The van der Waals surface area contributed by atoms with Gasteiger partial charge in [0, 0.05) is 58.4 Å². The monoisotopic (exact) mass is 555 g/mol. The van der Waals surface area contributed by atoms with E-state index in [0.29, 0.717) is 57.3 Å². The maximum atomic E-state index is 12.9. The van der Waals surface area contributed by atoms with Crippen molar-refractivity contribution in [2.45, 2.75) is 39.5 Å². The molecule has 1 atom stereocenters. The van der Waals surface area contributed by atoms with Gasteiger partial charge in [0.25, 0.3) is 5.91 Å². The van der Waals surface area contributed by atoms with E-state index in [1.807, 2.05) is 43.0 Å². The number of carbonyl (C=O) groups is 1. The molecule has 1 aromatic carbocycles. The number of halogens is 4. The van der Waals surface area contributed by atoms with Crippen molar-refractivity contribution in [3.63, 3.8) is 0 Å². The summed E-state index contributed by atoms with van der Waals surface area (Å²) in [6.07, 6.45) is -4.21. The standard InChI is InChI=1S/C21H32F3N5O.HI/c1-5-27(6-2)19(30)18-9-7-17(8-10-18)15-26-20(25-4)29-13-11-28(12-14-29)16(3)21(22,23)24;/h7-10,16H,5-6,11-15H2,1-4H3,(H,25,26);1H. The van der Waals surface area contributed by atoms with Crippen molar-refractivity contribution in [3.8, 4) is 0 Å². The van der Waals surface area contributed by atoms with Crippen molar-refractivity contribution in [1.82, 2.24) is 20.0 Å². The fraction of sp³-hybridized carbons (Fsp3) is 0.619. The third-order valence-corrected chi connectivity index (χ3v) is 5.55. The fourth-order valence-electron chi connectivity index (χ4n) is 3.50. The summed E-state index contributed by atoms with van der Waals surface area (Å²) < 4.78 is 38.7. The number of carbonyl (C=O) groups excluding carboxylic acids is 1. The molecule has 1 amide bonds. The molecule has 0 radical (unpaired) electrons. The van der Waals surface area contributed by atoms with Gasteiger partial charge in [0.2, 0.25) is 0 Å². The smallest absolute Gasteiger partial charge is 0.352 e. The first-order valence-corrected chi connectivity index (χ1v) is 10.4. The SMILES string of the molecule is CCN(CC)C(=O)c1ccc(CNC(=NC)N2CCN(C(C)C(F)(F)F)CC2)cc1.I. The lowest BCUT2D eigenvalue weighted by Crippen LogP contribution is -2.56. The van der Waals surface area contributed by atoms with Gasteiger partial charge >= 0.3 is 6.18 Å². The molecular formula is C21H33F3IN5O. The van der Waals surface area contributed by atoms with Crippen LogP contribution in [0.1, 0.15) is 36.7 Å². The van der Waals surface area contributed by atoms with Crippen LogP contribution in [0.15, 0.2) is 29.3 Å². The molecular weight excluding hydrogens is 522 g/mol. The molecule has 0 saturated carbocycles. The number of amides is 1. The van der Waals surface area contributed by atoms with Gasteiger partial charge < -0.3 is 15.1 Å². The number of guanidine groups is 1. The Balaban J connectivity index is 0.00000480. The average Bonchev–Trinajstić information content (AvgIpc) is 2.74. The number of hydrogen-bond acceptors (Lipinski definition) is 3. The van der Waals surface area contributed by atoms with E-state index >= 15 is 0 Å². The second-order valence-corrected chi connectivity index (χ2v) is 7.32. The number of piperazine rings is 1. The summed E-state index contributed by atoms with van der Waals surface area (Å²) in [4.78, 5) is 21.8.